The molecule has 0 saturated carbocycles. The molecule has 2 aromatic carbocycles. The van der Waals surface area contributed by atoms with E-state index in [9.17, 15) is 4.79 Å². The molecule has 1 unspecified atom stereocenters. The van der Waals surface area contributed by atoms with Crippen molar-refractivity contribution in [3.8, 4) is 0 Å². The lowest BCUT2D eigenvalue weighted by atomic mass is 10.1. The highest BCUT2D eigenvalue weighted by Crippen LogP contribution is 2.20. The average Bonchev–Trinajstić information content (AvgIpc) is 2.97. The Hall–Kier alpha value is -2.24. The number of thiazole rings is 1. The molecule has 0 aliphatic rings. The third-order valence-corrected chi connectivity index (χ3v) is 4.20. The first-order chi connectivity index (χ1) is 10.1. The van der Waals surface area contributed by atoms with Gasteiger partial charge in [0.1, 0.15) is 10.7 Å². The Morgan fingerprint density at radius 1 is 1.24 bits per heavy atom. The molecule has 0 aliphatic heterocycles. The van der Waals surface area contributed by atoms with E-state index in [0.717, 1.165) is 21.5 Å². The largest absolute Gasteiger partial charge is 0.322 e. The Morgan fingerprint density at radius 2 is 2.00 bits per heavy atom. The highest BCUT2D eigenvalue weighted by molar-refractivity contribution is 7.09. The van der Waals surface area contributed by atoms with Gasteiger partial charge in [0, 0.05) is 11.1 Å². The molecule has 0 bridgehead atoms. The number of rotatable bonds is 3. The third-order valence-electron chi connectivity index (χ3n) is 3.15. The molecule has 1 aromatic heterocycles. The molecule has 5 heteroatoms. The van der Waals surface area contributed by atoms with Gasteiger partial charge in [0.25, 0.3) is 5.91 Å². The number of fused-ring (bicyclic) bond motifs is 1. The average molecular weight is 297 g/mol. The van der Waals surface area contributed by atoms with E-state index >= 15 is 0 Å². The molecule has 0 saturated heterocycles. The van der Waals surface area contributed by atoms with Crippen LogP contribution in [0, 0.1) is 0 Å². The zero-order valence-corrected chi connectivity index (χ0v) is 12.4. The fourth-order valence-corrected chi connectivity index (χ4v) is 2.82. The normalized spacial score (nSPS) is 12.3. The van der Waals surface area contributed by atoms with E-state index in [1.165, 1.54) is 11.3 Å². The fraction of sp³-hybridized carbons (Fsp3) is 0.125. The summed E-state index contributed by atoms with van der Waals surface area (Å²) in [7, 11) is 0. The number of nitrogens with two attached hydrogens (primary N) is 1. The maximum Gasteiger partial charge on any atom is 0.275 e. The molecule has 0 fully saturated rings. The molecule has 4 nitrogen and oxygen atoms in total. The summed E-state index contributed by atoms with van der Waals surface area (Å²) in [4.78, 5) is 16.4. The Morgan fingerprint density at radius 3 is 2.71 bits per heavy atom. The smallest absolute Gasteiger partial charge is 0.275 e. The highest BCUT2D eigenvalue weighted by Gasteiger charge is 2.13. The minimum absolute atomic E-state index is 0.155. The van der Waals surface area contributed by atoms with Crippen molar-refractivity contribution in [1.29, 1.82) is 0 Å². The second kappa shape index (κ2) is 5.63. The van der Waals surface area contributed by atoms with Gasteiger partial charge in [0.2, 0.25) is 0 Å². The van der Waals surface area contributed by atoms with Crippen molar-refractivity contribution in [2.45, 2.75) is 13.0 Å². The van der Waals surface area contributed by atoms with Crippen LogP contribution in [0.25, 0.3) is 10.8 Å². The summed E-state index contributed by atoms with van der Waals surface area (Å²) in [6.45, 7) is 1.85. The van der Waals surface area contributed by atoms with E-state index in [2.05, 4.69) is 10.3 Å². The topological polar surface area (TPSA) is 68.0 Å². The standard InChI is InChI=1S/C16H15N3OS/c1-10(17)16-19-14(9-21-16)15(20)18-13-7-6-11-4-2-3-5-12(11)8-13/h2-10H,17H2,1H3,(H,18,20). The van der Waals surface area contributed by atoms with E-state index < -0.39 is 0 Å². The number of anilines is 1. The van der Waals surface area contributed by atoms with Crippen LogP contribution in [0.2, 0.25) is 0 Å². The van der Waals surface area contributed by atoms with Crippen LogP contribution in [0.3, 0.4) is 0 Å². The van der Waals surface area contributed by atoms with Crippen LogP contribution in [-0.4, -0.2) is 10.9 Å². The van der Waals surface area contributed by atoms with Gasteiger partial charge in [0.05, 0.1) is 6.04 Å². The minimum Gasteiger partial charge on any atom is -0.322 e. The van der Waals surface area contributed by atoms with Gasteiger partial charge in [-0.3, -0.25) is 4.79 Å². The molecule has 0 spiro atoms. The summed E-state index contributed by atoms with van der Waals surface area (Å²) in [6, 6.07) is 13.7. The zero-order valence-electron chi connectivity index (χ0n) is 11.5. The number of hydrogen-bond donors (Lipinski definition) is 2. The summed E-state index contributed by atoms with van der Waals surface area (Å²) in [5.41, 5.74) is 6.92. The lowest BCUT2D eigenvalue weighted by Gasteiger charge is -2.05. The summed E-state index contributed by atoms with van der Waals surface area (Å²) in [5.74, 6) is -0.214. The summed E-state index contributed by atoms with van der Waals surface area (Å²) in [6.07, 6.45) is 0. The molecule has 0 radical (unpaired) electrons. The van der Waals surface area contributed by atoms with Gasteiger partial charge in [0.15, 0.2) is 0 Å². The van der Waals surface area contributed by atoms with Gasteiger partial charge < -0.3 is 11.1 Å². The number of hydrogen-bond acceptors (Lipinski definition) is 4. The van der Waals surface area contributed by atoms with Gasteiger partial charge in [-0.2, -0.15) is 0 Å². The quantitative estimate of drug-likeness (QED) is 0.776. The van der Waals surface area contributed by atoms with E-state index in [4.69, 9.17) is 5.73 Å². The summed E-state index contributed by atoms with van der Waals surface area (Å²) < 4.78 is 0. The van der Waals surface area contributed by atoms with Gasteiger partial charge in [-0.25, -0.2) is 4.98 Å². The number of nitrogens with zero attached hydrogens (tertiary/aromatic N) is 1. The number of nitrogens with one attached hydrogen (secondary N) is 1. The monoisotopic (exact) mass is 297 g/mol. The van der Waals surface area contributed by atoms with Crippen molar-refractivity contribution in [1.82, 2.24) is 4.98 Å². The number of carbonyl (C=O) groups excluding carboxylic acids is 1. The first-order valence-electron chi connectivity index (χ1n) is 6.64. The maximum atomic E-state index is 12.2. The van der Waals surface area contributed by atoms with E-state index in [1.54, 1.807) is 5.38 Å². The molecule has 3 aromatic rings. The minimum atomic E-state index is -0.214. The predicted octanol–water partition coefficient (Wildman–Crippen LogP) is 3.57. The molecule has 21 heavy (non-hydrogen) atoms. The van der Waals surface area contributed by atoms with Crippen molar-refractivity contribution in [2.75, 3.05) is 5.32 Å². The molecular formula is C16H15N3OS. The Bertz CT molecular complexity index is 795. The van der Waals surface area contributed by atoms with Crippen LogP contribution in [0.15, 0.2) is 47.8 Å². The predicted molar refractivity (Wildman–Crippen MR) is 86.6 cm³/mol. The van der Waals surface area contributed by atoms with Crippen molar-refractivity contribution < 1.29 is 4.79 Å². The van der Waals surface area contributed by atoms with Crippen LogP contribution in [0.5, 0.6) is 0 Å². The summed E-state index contributed by atoms with van der Waals surface area (Å²) in [5, 5.41) is 7.59. The number of carbonyl (C=O) groups is 1. The Kier molecular flexibility index (Phi) is 3.68. The lowest BCUT2D eigenvalue weighted by Crippen LogP contribution is -2.13. The van der Waals surface area contributed by atoms with E-state index in [0.29, 0.717) is 5.69 Å². The first-order valence-corrected chi connectivity index (χ1v) is 7.52. The van der Waals surface area contributed by atoms with Crippen LogP contribution in [-0.2, 0) is 0 Å². The van der Waals surface area contributed by atoms with Crippen LogP contribution >= 0.6 is 11.3 Å². The molecule has 0 aliphatic carbocycles. The third kappa shape index (κ3) is 2.94. The molecule has 106 valence electrons. The van der Waals surface area contributed by atoms with Gasteiger partial charge in [-0.1, -0.05) is 30.3 Å². The van der Waals surface area contributed by atoms with E-state index in [1.807, 2.05) is 49.4 Å². The fourth-order valence-electron chi connectivity index (χ4n) is 2.06. The number of benzene rings is 2. The summed E-state index contributed by atoms with van der Waals surface area (Å²) >= 11 is 1.40. The molecule has 1 amide bonds. The molecular weight excluding hydrogens is 282 g/mol. The van der Waals surface area contributed by atoms with Gasteiger partial charge >= 0.3 is 0 Å². The number of amides is 1. The highest BCUT2D eigenvalue weighted by atomic mass is 32.1. The second-order valence-electron chi connectivity index (χ2n) is 4.88. The van der Waals surface area contributed by atoms with Crippen LogP contribution < -0.4 is 11.1 Å². The van der Waals surface area contributed by atoms with Crippen LogP contribution in [0.4, 0.5) is 5.69 Å². The molecule has 1 heterocycles. The Labute approximate surface area is 126 Å². The lowest BCUT2D eigenvalue weighted by molar-refractivity contribution is 0.102. The van der Waals surface area contributed by atoms with Gasteiger partial charge in [-0.05, 0) is 29.8 Å². The van der Waals surface area contributed by atoms with Crippen LogP contribution in [0.1, 0.15) is 28.5 Å². The van der Waals surface area contributed by atoms with Gasteiger partial charge in [-0.15, -0.1) is 11.3 Å². The maximum absolute atomic E-state index is 12.2. The first kappa shape index (κ1) is 13.7. The number of aromatic nitrogens is 1. The SMILES string of the molecule is CC(N)c1nc(C(=O)Nc2ccc3ccccc3c2)cs1. The second-order valence-corrected chi connectivity index (χ2v) is 5.77. The van der Waals surface area contributed by atoms with Crippen molar-refractivity contribution in [2.24, 2.45) is 5.73 Å². The molecule has 3 rings (SSSR count). The van der Waals surface area contributed by atoms with E-state index in [-0.39, 0.29) is 11.9 Å². The molecule has 1 atom stereocenters. The van der Waals surface area contributed by atoms with Crippen molar-refractivity contribution in [3.05, 3.63) is 58.5 Å². The van der Waals surface area contributed by atoms with Crippen molar-refractivity contribution in [3.63, 3.8) is 0 Å². The Balaban J connectivity index is 1.81. The zero-order chi connectivity index (χ0) is 14.8. The molecule has 3 N–H and O–H groups in total. The van der Waals surface area contributed by atoms with Crippen molar-refractivity contribution >= 4 is 33.7 Å².